The third-order valence-corrected chi connectivity index (χ3v) is 2.75. The van der Waals surface area contributed by atoms with Gasteiger partial charge < -0.3 is 9.84 Å². The molecule has 0 spiro atoms. The monoisotopic (exact) mass is 257 g/mol. The lowest BCUT2D eigenvalue weighted by Gasteiger charge is -2.12. The molecule has 19 heavy (non-hydrogen) atoms. The summed E-state index contributed by atoms with van der Waals surface area (Å²) in [6, 6.07) is 9.18. The number of carboxylic acid groups (broad SMARTS) is 1. The van der Waals surface area contributed by atoms with Crippen molar-refractivity contribution in [3.8, 4) is 16.9 Å². The van der Waals surface area contributed by atoms with Crippen molar-refractivity contribution in [3.63, 3.8) is 0 Å². The van der Waals surface area contributed by atoms with Gasteiger partial charge in [0.15, 0.2) is 0 Å². The van der Waals surface area contributed by atoms with E-state index in [0.717, 1.165) is 11.3 Å². The number of aromatic nitrogens is 1. The van der Waals surface area contributed by atoms with Crippen LogP contribution in [0.3, 0.4) is 0 Å². The number of nitrogens with zero attached hydrogens (tertiary/aromatic N) is 1. The number of pyridine rings is 1. The first-order valence-corrected chi connectivity index (χ1v) is 6.05. The molecule has 0 aliphatic carbocycles. The number of ether oxygens (including phenoxy) is 1. The minimum absolute atomic E-state index is 0.178. The van der Waals surface area contributed by atoms with Gasteiger partial charge >= 0.3 is 5.97 Å². The zero-order valence-corrected chi connectivity index (χ0v) is 10.9. The van der Waals surface area contributed by atoms with E-state index < -0.39 is 5.97 Å². The first kappa shape index (κ1) is 13.1. The molecule has 0 amide bonds. The van der Waals surface area contributed by atoms with Crippen LogP contribution >= 0.6 is 0 Å². The van der Waals surface area contributed by atoms with Crippen LogP contribution in [0.5, 0.6) is 5.75 Å². The lowest BCUT2D eigenvalue weighted by molar-refractivity contribution is 0.0697. The standard InChI is InChI=1S/C15H15NO3/c1-3-19-14-7-5-4-6-11(14)12-8-10(2)16-9-13(12)15(17)18/h4-9H,3H2,1-2H3,(H,17,18). The van der Waals surface area contributed by atoms with Gasteiger partial charge in [0, 0.05) is 23.0 Å². The van der Waals surface area contributed by atoms with Crippen LogP contribution in [0.4, 0.5) is 0 Å². The molecule has 98 valence electrons. The third-order valence-electron chi connectivity index (χ3n) is 2.75. The molecule has 0 aliphatic heterocycles. The van der Waals surface area contributed by atoms with Crippen LogP contribution in [-0.4, -0.2) is 22.7 Å². The summed E-state index contributed by atoms with van der Waals surface area (Å²) in [7, 11) is 0. The molecule has 1 N–H and O–H groups in total. The van der Waals surface area contributed by atoms with Crippen LogP contribution in [-0.2, 0) is 0 Å². The fourth-order valence-corrected chi connectivity index (χ4v) is 1.92. The van der Waals surface area contributed by atoms with Crippen molar-refractivity contribution in [1.29, 1.82) is 0 Å². The molecule has 0 saturated carbocycles. The van der Waals surface area contributed by atoms with Crippen molar-refractivity contribution in [2.45, 2.75) is 13.8 Å². The highest BCUT2D eigenvalue weighted by Crippen LogP contribution is 2.32. The Kier molecular flexibility index (Phi) is 3.80. The number of para-hydroxylation sites is 1. The minimum Gasteiger partial charge on any atom is -0.493 e. The smallest absolute Gasteiger partial charge is 0.337 e. The summed E-state index contributed by atoms with van der Waals surface area (Å²) < 4.78 is 5.55. The Balaban J connectivity index is 2.64. The maximum absolute atomic E-state index is 11.3. The first-order chi connectivity index (χ1) is 9.13. The highest BCUT2D eigenvalue weighted by atomic mass is 16.5. The molecule has 0 radical (unpaired) electrons. The van der Waals surface area contributed by atoms with Crippen molar-refractivity contribution in [2.24, 2.45) is 0 Å². The number of aromatic carboxylic acids is 1. The molecule has 0 saturated heterocycles. The Bertz CT molecular complexity index is 608. The van der Waals surface area contributed by atoms with Gasteiger partial charge in [-0.3, -0.25) is 4.98 Å². The second-order valence-corrected chi connectivity index (χ2v) is 4.11. The summed E-state index contributed by atoms with van der Waals surface area (Å²) in [6.07, 6.45) is 1.38. The molecule has 0 atom stereocenters. The number of carbonyl (C=O) groups is 1. The fourth-order valence-electron chi connectivity index (χ4n) is 1.92. The maximum atomic E-state index is 11.3. The Hall–Kier alpha value is -2.36. The predicted molar refractivity (Wildman–Crippen MR) is 72.5 cm³/mol. The summed E-state index contributed by atoms with van der Waals surface area (Å²) in [5.41, 5.74) is 2.35. The van der Waals surface area contributed by atoms with Crippen molar-refractivity contribution >= 4 is 5.97 Å². The fraction of sp³-hybridized carbons (Fsp3) is 0.200. The van der Waals surface area contributed by atoms with Crippen molar-refractivity contribution in [1.82, 2.24) is 4.98 Å². The molecular weight excluding hydrogens is 242 g/mol. The Morgan fingerprint density at radius 1 is 1.32 bits per heavy atom. The first-order valence-electron chi connectivity index (χ1n) is 6.05. The van der Waals surface area contributed by atoms with E-state index in [9.17, 15) is 9.90 Å². The SMILES string of the molecule is CCOc1ccccc1-c1cc(C)ncc1C(=O)O. The summed E-state index contributed by atoms with van der Waals surface area (Å²) in [4.78, 5) is 15.3. The summed E-state index contributed by atoms with van der Waals surface area (Å²) in [5.74, 6) is -0.313. The molecule has 1 aromatic carbocycles. The molecule has 0 unspecified atom stereocenters. The minimum atomic E-state index is -0.992. The molecule has 1 aromatic heterocycles. The number of rotatable bonds is 4. The average molecular weight is 257 g/mol. The van der Waals surface area contributed by atoms with Gasteiger partial charge in [-0.05, 0) is 26.0 Å². The zero-order valence-electron chi connectivity index (χ0n) is 10.9. The molecule has 2 rings (SSSR count). The van der Waals surface area contributed by atoms with Crippen LogP contribution in [0.1, 0.15) is 23.0 Å². The number of hydrogen-bond acceptors (Lipinski definition) is 3. The van der Waals surface area contributed by atoms with Crippen LogP contribution in [0, 0.1) is 6.92 Å². The summed E-state index contributed by atoms with van der Waals surface area (Å²) >= 11 is 0. The van der Waals surface area contributed by atoms with E-state index in [2.05, 4.69) is 4.98 Å². The van der Waals surface area contributed by atoms with E-state index in [-0.39, 0.29) is 5.56 Å². The van der Waals surface area contributed by atoms with Gasteiger partial charge in [-0.2, -0.15) is 0 Å². The third kappa shape index (κ3) is 2.73. The van der Waals surface area contributed by atoms with Gasteiger partial charge in [0.2, 0.25) is 0 Å². The molecule has 0 aliphatic rings. The van der Waals surface area contributed by atoms with Crippen molar-refractivity contribution < 1.29 is 14.6 Å². The van der Waals surface area contributed by atoms with Gasteiger partial charge in [-0.25, -0.2) is 4.79 Å². The molecule has 4 nitrogen and oxygen atoms in total. The molecule has 0 fully saturated rings. The van der Waals surface area contributed by atoms with Crippen LogP contribution < -0.4 is 4.74 Å². The lowest BCUT2D eigenvalue weighted by atomic mass is 10.00. The largest absolute Gasteiger partial charge is 0.493 e. The molecule has 2 aromatic rings. The molecule has 1 heterocycles. The zero-order chi connectivity index (χ0) is 13.8. The highest BCUT2D eigenvalue weighted by Gasteiger charge is 2.15. The van der Waals surface area contributed by atoms with E-state index in [1.165, 1.54) is 6.20 Å². The number of hydrogen-bond donors (Lipinski definition) is 1. The summed E-state index contributed by atoms with van der Waals surface area (Å²) in [6.45, 7) is 4.26. The van der Waals surface area contributed by atoms with Crippen molar-refractivity contribution in [2.75, 3.05) is 6.61 Å². The van der Waals surface area contributed by atoms with Gasteiger partial charge in [-0.1, -0.05) is 18.2 Å². The molecular formula is C15H15NO3. The number of aryl methyl sites for hydroxylation is 1. The average Bonchev–Trinajstić information content (AvgIpc) is 2.39. The topological polar surface area (TPSA) is 59.4 Å². The normalized spacial score (nSPS) is 10.2. The Morgan fingerprint density at radius 2 is 2.05 bits per heavy atom. The van der Waals surface area contributed by atoms with Gasteiger partial charge in [0.1, 0.15) is 5.75 Å². The van der Waals surface area contributed by atoms with Crippen LogP contribution in [0.2, 0.25) is 0 Å². The molecule has 4 heteroatoms. The second kappa shape index (κ2) is 5.52. The maximum Gasteiger partial charge on any atom is 0.337 e. The van der Waals surface area contributed by atoms with E-state index in [4.69, 9.17) is 4.74 Å². The van der Waals surface area contributed by atoms with Gasteiger partial charge in [-0.15, -0.1) is 0 Å². The van der Waals surface area contributed by atoms with E-state index in [1.54, 1.807) is 6.07 Å². The van der Waals surface area contributed by atoms with Crippen molar-refractivity contribution in [3.05, 3.63) is 47.8 Å². The second-order valence-electron chi connectivity index (χ2n) is 4.11. The predicted octanol–water partition coefficient (Wildman–Crippen LogP) is 3.15. The molecule has 0 bridgehead atoms. The summed E-state index contributed by atoms with van der Waals surface area (Å²) in [5, 5.41) is 9.26. The number of carboxylic acids is 1. The van der Waals surface area contributed by atoms with Gasteiger partial charge in [0.25, 0.3) is 0 Å². The number of benzene rings is 1. The van der Waals surface area contributed by atoms with E-state index >= 15 is 0 Å². The van der Waals surface area contributed by atoms with Crippen LogP contribution in [0.15, 0.2) is 36.5 Å². The van der Waals surface area contributed by atoms with Gasteiger partial charge in [0.05, 0.1) is 12.2 Å². The quantitative estimate of drug-likeness (QED) is 0.914. The lowest BCUT2D eigenvalue weighted by Crippen LogP contribution is -2.03. The van der Waals surface area contributed by atoms with E-state index in [1.807, 2.05) is 38.1 Å². The van der Waals surface area contributed by atoms with E-state index in [0.29, 0.717) is 17.9 Å². The highest BCUT2D eigenvalue weighted by molar-refractivity contribution is 5.96. The Labute approximate surface area is 111 Å². The van der Waals surface area contributed by atoms with Crippen LogP contribution in [0.25, 0.3) is 11.1 Å². The Morgan fingerprint density at radius 3 is 2.74 bits per heavy atom.